The number of hydrogen-bond donors (Lipinski definition) is 0. The third kappa shape index (κ3) is 4.10. The van der Waals surface area contributed by atoms with Crippen LogP contribution in [0.2, 0.25) is 0 Å². The smallest absolute Gasteiger partial charge is 0.310 e. The second-order valence-corrected chi connectivity index (χ2v) is 5.10. The Bertz CT molecular complexity index is 460. The number of Topliss-reactive ketones (excluding diaryl/α,β-unsaturated/α-hetero) is 1. The summed E-state index contributed by atoms with van der Waals surface area (Å²) in [5, 5.41) is -0.707. The monoisotopic (exact) mass is 332 g/mol. The van der Waals surface area contributed by atoms with E-state index in [-0.39, 0.29) is 18.2 Å². The van der Waals surface area contributed by atoms with E-state index in [9.17, 15) is 9.59 Å². The zero-order valence-electron chi connectivity index (χ0n) is 10.2. The number of halogens is 2. The number of carbonyl (C=O) groups is 2. The molecule has 1 unspecified atom stereocenters. The highest BCUT2D eigenvalue weighted by atomic mass is 79.9. The van der Waals surface area contributed by atoms with Crippen LogP contribution in [0.15, 0.2) is 22.7 Å². The van der Waals surface area contributed by atoms with E-state index >= 15 is 0 Å². The van der Waals surface area contributed by atoms with Crippen molar-refractivity contribution in [1.82, 2.24) is 0 Å². The van der Waals surface area contributed by atoms with Crippen molar-refractivity contribution < 1.29 is 14.3 Å². The summed E-state index contributed by atoms with van der Waals surface area (Å²) in [7, 11) is 0. The van der Waals surface area contributed by atoms with Crippen LogP contribution in [0.4, 0.5) is 0 Å². The van der Waals surface area contributed by atoms with Gasteiger partial charge in [-0.1, -0.05) is 28.1 Å². The highest BCUT2D eigenvalue weighted by Gasteiger charge is 2.17. The fourth-order valence-electron chi connectivity index (χ4n) is 1.50. The van der Waals surface area contributed by atoms with Gasteiger partial charge in [-0.2, -0.15) is 0 Å². The minimum absolute atomic E-state index is 0.134. The molecule has 1 rings (SSSR count). The maximum absolute atomic E-state index is 11.4. The van der Waals surface area contributed by atoms with Gasteiger partial charge >= 0.3 is 5.97 Å². The van der Waals surface area contributed by atoms with E-state index < -0.39 is 5.38 Å². The summed E-state index contributed by atoms with van der Waals surface area (Å²) in [5.74, 6) is -0.426. The summed E-state index contributed by atoms with van der Waals surface area (Å²) in [6, 6.07) is 5.33. The highest BCUT2D eigenvalue weighted by Crippen LogP contribution is 2.30. The lowest BCUT2D eigenvalue weighted by atomic mass is 10.0. The molecule has 0 aliphatic rings. The van der Waals surface area contributed by atoms with Crippen molar-refractivity contribution in [3.05, 3.63) is 33.8 Å². The van der Waals surface area contributed by atoms with Gasteiger partial charge in [0.1, 0.15) is 5.38 Å². The molecule has 5 heteroatoms. The van der Waals surface area contributed by atoms with Crippen molar-refractivity contribution in [3.63, 3.8) is 0 Å². The predicted molar refractivity (Wildman–Crippen MR) is 73.8 cm³/mol. The van der Waals surface area contributed by atoms with E-state index in [2.05, 4.69) is 15.9 Å². The van der Waals surface area contributed by atoms with Crippen LogP contribution in [-0.2, 0) is 20.7 Å². The van der Waals surface area contributed by atoms with Gasteiger partial charge in [-0.25, -0.2) is 0 Å². The molecule has 1 atom stereocenters. The van der Waals surface area contributed by atoms with Crippen LogP contribution in [0.3, 0.4) is 0 Å². The SMILES string of the molecule is CCOC(=O)Cc1ccc(Br)c(C(Cl)C(C)=O)c1. The van der Waals surface area contributed by atoms with Crippen molar-refractivity contribution in [3.8, 4) is 0 Å². The fraction of sp³-hybridized carbons (Fsp3) is 0.385. The third-order valence-electron chi connectivity index (χ3n) is 2.34. The van der Waals surface area contributed by atoms with Crippen molar-refractivity contribution in [2.45, 2.75) is 25.6 Å². The Labute approximate surface area is 120 Å². The Kier molecular flexibility index (Phi) is 5.82. The van der Waals surface area contributed by atoms with Crippen LogP contribution < -0.4 is 0 Å². The second-order valence-electron chi connectivity index (χ2n) is 3.81. The number of benzene rings is 1. The largest absolute Gasteiger partial charge is 0.466 e. The lowest BCUT2D eigenvalue weighted by Crippen LogP contribution is -2.09. The summed E-state index contributed by atoms with van der Waals surface area (Å²) in [4.78, 5) is 22.7. The topological polar surface area (TPSA) is 43.4 Å². The Balaban J connectivity index is 2.93. The van der Waals surface area contributed by atoms with Crippen molar-refractivity contribution >= 4 is 39.3 Å². The van der Waals surface area contributed by atoms with Crippen LogP contribution in [-0.4, -0.2) is 18.4 Å². The van der Waals surface area contributed by atoms with E-state index in [0.29, 0.717) is 12.2 Å². The van der Waals surface area contributed by atoms with Crippen LogP contribution in [0.1, 0.15) is 30.4 Å². The maximum Gasteiger partial charge on any atom is 0.310 e. The third-order valence-corrected chi connectivity index (χ3v) is 3.61. The molecule has 0 saturated carbocycles. The Morgan fingerprint density at radius 2 is 2.11 bits per heavy atom. The van der Waals surface area contributed by atoms with Crippen LogP contribution >= 0.6 is 27.5 Å². The summed E-state index contributed by atoms with van der Waals surface area (Å²) in [5.41, 5.74) is 1.45. The molecule has 3 nitrogen and oxygen atoms in total. The maximum atomic E-state index is 11.4. The zero-order valence-corrected chi connectivity index (χ0v) is 12.5. The van der Waals surface area contributed by atoms with Crippen LogP contribution in [0.25, 0.3) is 0 Å². The molecule has 0 aliphatic carbocycles. The molecule has 0 heterocycles. The molecule has 0 amide bonds. The molecule has 0 fully saturated rings. The Hall–Kier alpha value is -0.870. The molecular weight excluding hydrogens is 319 g/mol. The normalized spacial score (nSPS) is 12.0. The lowest BCUT2D eigenvalue weighted by molar-refractivity contribution is -0.142. The molecule has 0 bridgehead atoms. The molecule has 0 saturated heterocycles. The van der Waals surface area contributed by atoms with Gasteiger partial charge in [0.15, 0.2) is 5.78 Å². The average molecular weight is 334 g/mol. The van der Waals surface area contributed by atoms with Crippen molar-refractivity contribution in [2.75, 3.05) is 6.61 Å². The molecule has 18 heavy (non-hydrogen) atoms. The van der Waals surface area contributed by atoms with Gasteiger partial charge in [-0.3, -0.25) is 9.59 Å². The van der Waals surface area contributed by atoms with Gasteiger partial charge < -0.3 is 4.74 Å². The molecule has 0 aliphatic heterocycles. The first kappa shape index (κ1) is 15.2. The number of ketones is 1. The van der Waals surface area contributed by atoms with Gasteiger partial charge in [0.25, 0.3) is 0 Å². The Morgan fingerprint density at radius 1 is 1.44 bits per heavy atom. The minimum atomic E-state index is -0.707. The minimum Gasteiger partial charge on any atom is -0.466 e. The molecule has 0 N–H and O–H groups in total. The summed E-state index contributed by atoms with van der Waals surface area (Å²) in [6.45, 7) is 3.55. The highest BCUT2D eigenvalue weighted by molar-refractivity contribution is 9.10. The van der Waals surface area contributed by atoms with Gasteiger partial charge in [0, 0.05) is 4.47 Å². The van der Waals surface area contributed by atoms with E-state index in [1.807, 2.05) is 0 Å². The predicted octanol–water partition coefficient (Wildman–Crippen LogP) is 3.42. The first-order valence-corrected chi connectivity index (χ1v) is 6.77. The van der Waals surface area contributed by atoms with E-state index in [1.54, 1.807) is 25.1 Å². The summed E-state index contributed by atoms with van der Waals surface area (Å²) < 4.78 is 5.63. The number of alkyl halides is 1. The van der Waals surface area contributed by atoms with E-state index in [0.717, 1.165) is 10.0 Å². The van der Waals surface area contributed by atoms with Gasteiger partial charge in [-0.05, 0) is 31.0 Å². The van der Waals surface area contributed by atoms with E-state index in [1.165, 1.54) is 6.92 Å². The second kappa shape index (κ2) is 6.90. The number of hydrogen-bond acceptors (Lipinski definition) is 3. The van der Waals surface area contributed by atoms with Gasteiger partial charge in [0.2, 0.25) is 0 Å². The number of rotatable bonds is 5. The number of carbonyl (C=O) groups excluding carboxylic acids is 2. The molecule has 0 radical (unpaired) electrons. The molecule has 0 spiro atoms. The Morgan fingerprint density at radius 3 is 2.67 bits per heavy atom. The summed E-state index contributed by atoms with van der Waals surface area (Å²) in [6.07, 6.45) is 0.176. The summed E-state index contributed by atoms with van der Waals surface area (Å²) >= 11 is 9.36. The first-order chi connectivity index (χ1) is 8.45. The molecule has 98 valence electrons. The molecule has 1 aromatic rings. The van der Waals surface area contributed by atoms with Gasteiger partial charge in [-0.15, -0.1) is 11.6 Å². The fourth-order valence-corrected chi connectivity index (χ4v) is 2.28. The standard InChI is InChI=1S/C13H14BrClO3/c1-3-18-12(17)7-9-4-5-11(14)10(6-9)13(15)8(2)16/h4-6,13H,3,7H2,1-2H3. The number of ether oxygens (including phenoxy) is 1. The molecule has 0 aromatic heterocycles. The first-order valence-electron chi connectivity index (χ1n) is 5.54. The quantitative estimate of drug-likeness (QED) is 0.612. The molecule has 1 aromatic carbocycles. The van der Waals surface area contributed by atoms with Crippen molar-refractivity contribution in [1.29, 1.82) is 0 Å². The van der Waals surface area contributed by atoms with Crippen LogP contribution in [0, 0.1) is 0 Å². The van der Waals surface area contributed by atoms with Crippen molar-refractivity contribution in [2.24, 2.45) is 0 Å². The van der Waals surface area contributed by atoms with E-state index in [4.69, 9.17) is 16.3 Å². The molecular formula is C13H14BrClO3. The lowest BCUT2D eigenvalue weighted by Gasteiger charge is -2.11. The van der Waals surface area contributed by atoms with Crippen LogP contribution in [0.5, 0.6) is 0 Å². The number of esters is 1. The van der Waals surface area contributed by atoms with Gasteiger partial charge in [0.05, 0.1) is 13.0 Å². The average Bonchev–Trinajstić information content (AvgIpc) is 2.31. The zero-order chi connectivity index (χ0) is 13.7.